The first-order chi connectivity index (χ1) is 9.86. The summed E-state index contributed by atoms with van der Waals surface area (Å²) in [6, 6.07) is 4.56. The Hall–Kier alpha value is -1.95. The molecule has 0 saturated heterocycles. The highest BCUT2D eigenvalue weighted by atomic mass is 16.6. The molecule has 6 heteroatoms. The Morgan fingerprint density at radius 2 is 1.95 bits per heavy atom. The molecule has 0 bridgehead atoms. The SMILES string of the molecule is CCc1ccc(C(=O)NCC(N)(CC)CC)cc1[N+](=O)[O-]. The van der Waals surface area contributed by atoms with Gasteiger partial charge in [-0.15, -0.1) is 0 Å². The summed E-state index contributed by atoms with van der Waals surface area (Å²) in [5.41, 5.74) is 6.57. The molecule has 21 heavy (non-hydrogen) atoms. The molecular formula is C15H23N3O3. The third-order valence-electron chi connectivity index (χ3n) is 3.93. The molecule has 3 N–H and O–H groups in total. The van der Waals surface area contributed by atoms with Gasteiger partial charge in [0, 0.05) is 29.3 Å². The fourth-order valence-corrected chi connectivity index (χ4v) is 2.03. The van der Waals surface area contributed by atoms with Crippen LogP contribution in [-0.2, 0) is 6.42 Å². The van der Waals surface area contributed by atoms with Crippen LogP contribution in [0.3, 0.4) is 0 Å². The van der Waals surface area contributed by atoms with Gasteiger partial charge in [-0.2, -0.15) is 0 Å². The number of nitro groups is 1. The van der Waals surface area contributed by atoms with Crippen molar-refractivity contribution >= 4 is 11.6 Å². The van der Waals surface area contributed by atoms with Gasteiger partial charge in [0.2, 0.25) is 0 Å². The lowest BCUT2D eigenvalue weighted by atomic mass is 9.94. The van der Waals surface area contributed by atoms with E-state index in [1.807, 2.05) is 20.8 Å². The fraction of sp³-hybridized carbons (Fsp3) is 0.533. The van der Waals surface area contributed by atoms with Crippen LogP contribution in [0.15, 0.2) is 18.2 Å². The van der Waals surface area contributed by atoms with Gasteiger partial charge in [0.05, 0.1) is 4.92 Å². The number of rotatable bonds is 7. The largest absolute Gasteiger partial charge is 0.350 e. The zero-order valence-electron chi connectivity index (χ0n) is 12.8. The zero-order valence-corrected chi connectivity index (χ0v) is 12.8. The van der Waals surface area contributed by atoms with Crippen molar-refractivity contribution in [2.45, 2.75) is 45.6 Å². The Bertz CT molecular complexity index is 525. The Morgan fingerprint density at radius 1 is 1.33 bits per heavy atom. The minimum Gasteiger partial charge on any atom is -0.350 e. The molecule has 0 fully saturated rings. The maximum Gasteiger partial charge on any atom is 0.273 e. The lowest BCUT2D eigenvalue weighted by Gasteiger charge is -2.26. The molecule has 1 rings (SSSR count). The lowest BCUT2D eigenvalue weighted by Crippen LogP contribution is -2.49. The Morgan fingerprint density at radius 3 is 2.43 bits per heavy atom. The summed E-state index contributed by atoms with van der Waals surface area (Å²) in [4.78, 5) is 22.7. The maximum atomic E-state index is 12.1. The van der Waals surface area contributed by atoms with Crippen LogP contribution in [0.5, 0.6) is 0 Å². The second-order valence-electron chi connectivity index (χ2n) is 5.21. The van der Waals surface area contributed by atoms with Gasteiger partial charge in [0.1, 0.15) is 0 Å². The summed E-state index contributed by atoms with van der Waals surface area (Å²) in [6.07, 6.45) is 2.05. The number of nitrogens with zero attached hydrogens (tertiary/aromatic N) is 1. The van der Waals surface area contributed by atoms with E-state index >= 15 is 0 Å². The Labute approximate surface area is 124 Å². The molecule has 116 valence electrons. The molecule has 1 aromatic rings. The molecule has 0 aliphatic rings. The Kier molecular flexibility index (Phi) is 5.84. The summed E-state index contributed by atoms with van der Waals surface area (Å²) in [7, 11) is 0. The quantitative estimate of drug-likeness (QED) is 0.595. The third kappa shape index (κ3) is 4.26. The third-order valence-corrected chi connectivity index (χ3v) is 3.93. The van der Waals surface area contributed by atoms with Crippen molar-refractivity contribution in [2.75, 3.05) is 6.54 Å². The molecule has 0 heterocycles. The first kappa shape index (κ1) is 17.1. The van der Waals surface area contributed by atoms with Crippen molar-refractivity contribution in [3.8, 4) is 0 Å². The molecule has 0 aromatic heterocycles. The van der Waals surface area contributed by atoms with Gasteiger partial charge in [0.25, 0.3) is 11.6 Å². The summed E-state index contributed by atoms with van der Waals surface area (Å²) in [6.45, 7) is 6.13. The van der Waals surface area contributed by atoms with Crippen molar-refractivity contribution in [3.05, 3.63) is 39.4 Å². The number of hydrogen-bond donors (Lipinski definition) is 2. The highest BCUT2D eigenvalue weighted by molar-refractivity contribution is 5.95. The van der Waals surface area contributed by atoms with Crippen molar-refractivity contribution in [1.82, 2.24) is 5.32 Å². The fourth-order valence-electron chi connectivity index (χ4n) is 2.03. The predicted molar refractivity (Wildman–Crippen MR) is 82.3 cm³/mol. The maximum absolute atomic E-state index is 12.1. The average molecular weight is 293 g/mol. The van der Waals surface area contributed by atoms with Gasteiger partial charge in [-0.1, -0.05) is 26.8 Å². The first-order valence-corrected chi connectivity index (χ1v) is 7.21. The monoisotopic (exact) mass is 293 g/mol. The summed E-state index contributed by atoms with van der Waals surface area (Å²) in [5.74, 6) is -0.336. The molecule has 1 amide bonds. The number of nitro benzene ring substituents is 1. The van der Waals surface area contributed by atoms with E-state index < -0.39 is 10.5 Å². The molecule has 0 unspecified atom stereocenters. The number of hydrogen-bond acceptors (Lipinski definition) is 4. The van der Waals surface area contributed by atoms with E-state index in [1.165, 1.54) is 6.07 Å². The van der Waals surface area contributed by atoms with Gasteiger partial charge < -0.3 is 11.1 Å². The van der Waals surface area contributed by atoms with Crippen LogP contribution in [0.1, 0.15) is 49.5 Å². The molecule has 0 aliphatic heterocycles. The number of carbonyl (C=O) groups is 1. The van der Waals surface area contributed by atoms with Gasteiger partial charge >= 0.3 is 0 Å². The van der Waals surface area contributed by atoms with E-state index in [1.54, 1.807) is 12.1 Å². The molecule has 1 aromatic carbocycles. The molecule has 0 spiro atoms. The number of carbonyl (C=O) groups excluding carboxylic acids is 1. The smallest absolute Gasteiger partial charge is 0.273 e. The highest BCUT2D eigenvalue weighted by Crippen LogP contribution is 2.21. The van der Waals surface area contributed by atoms with Gasteiger partial charge in [-0.05, 0) is 25.3 Å². The number of benzene rings is 1. The highest BCUT2D eigenvalue weighted by Gasteiger charge is 2.22. The van der Waals surface area contributed by atoms with Gasteiger partial charge in [-0.25, -0.2) is 0 Å². The minimum atomic E-state index is -0.457. The van der Waals surface area contributed by atoms with E-state index in [2.05, 4.69) is 5.32 Å². The van der Waals surface area contributed by atoms with Crippen LogP contribution in [0, 0.1) is 10.1 Å². The van der Waals surface area contributed by atoms with E-state index in [4.69, 9.17) is 5.73 Å². The minimum absolute atomic E-state index is 0.0184. The van der Waals surface area contributed by atoms with Crippen LogP contribution in [0.4, 0.5) is 5.69 Å². The second kappa shape index (κ2) is 7.17. The summed E-state index contributed by atoms with van der Waals surface area (Å²) < 4.78 is 0. The van der Waals surface area contributed by atoms with Gasteiger partial charge in [-0.3, -0.25) is 14.9 Å². The molecule has 0 aliphatic carbocycles. The van der Waals surface area contributed by atoms with Crippen LogP contribution in [0.25, 0.3) is 0 Å². The number of nitrogens with one attached hydrogen (secondary N) is 1. The normalized spacial score (nSPS) is 11.2. The van der Waals surface area contributed by atoms with Crippen molar-refractivity contribution in [2.24, 2.45) is 5.73 Å². The first-order valence-electron chi connectivity index (χ1n) is 7.21. The predicted octanol–water partition coefficient (Wildman–Crippen LogP) is 2.40. The molecule has 0 radical (unpaired) electrons. The standard InChI is InChI=1S/C15H23N3O3/c1-4-11-7-8-12(9-13(11)18(20)21)14(19)17-10-15(16,5-2)6-3/h7-9H,4-6,10,16H2,1-3H3,(H,17,19). The summed E-state index contributed by atoms with van der Waals surface area (Å²) >= 11 is 0. The average Bonchev–Trinajstić information content (AvgIpc) is 2.51. The van der Waals surface area contributed by atoms with Crippen LogP contribution < -0.4 is 11.1 Å². The van der Waals surface area contributed by atoms with Crippen LogP contribution >= 0.6 is 0 Å². The van der Waals surface area contributed by atoms with Crippen molar-refractivity contribution in [1.29, 1.82) is 0 Å². The Balaban J connectivity index is 2.89. The van der Waals surface area contributed by atoms with Crippen LogP contribution in [0.2, 0.25) is 0 Å². The van der Waals surface area contributed by atoms with E-state index in [-0.39, 0.29) is 17.2 Å². The number of amides is 1. The van der Waals surface area contributed by atoms with Crippen molar-refractivity contribution < 1.29 is 9.72 Å². The summed E-state index contributed by atoms with van der Waals surface area (Å²) in [5, 5.41) is 13.8. The van der Waals surface area contributed by atoms with E-state index in [9.17, 15) is 14.9 Å². The second-order valence-corrected chi connectivity index (χ2v) is 5.21. The molecular weight excluding hydrogens is 270 g/mol. The lowest BCUT2D eigenvalue weighted by molar-refractivity contribution is -0.385. The van der Waals surface area contributed by atoms with E-state index in [0.29, 0.717) is 18.5 Å². The molecule has 0 saturated carbocycles. The van der Waals surface area contributed by atoms with E-state index in [0.717, 1.165) is 12.8 Å². The molecule has 6 nitrogen and oxygen atoms in total. The van der Waals surface area contributed by atoms with Gasteiger partial charge in [0.15, 0.2) is 0 Å². The van der Waals surface area contributed by atoms with Crippen LogP contribution in [-0.4, -0.2) is 22.9 Å². The zero-order chi connectivity index (χ0) is 16.0. The topological polar surface area (TPSA) is 98.3 Å². The number of nitrogens with two attached hydrogens (primary N) is 1. The van der Waals surface area contributed by atoms with Crippen molar-refractivity contribution in [3.63, 3.8) is 0 Å². The molecule has 0 atom stereocenters. The number of aryl methyl sites for hydroxylation is 1.